The molecule has 2 aromatic carbocycles. The minimum Gasteiger partial charge on any atom is -0.361 e. The lowest BCUT2D eigenvalue weighted by atomic mass is 10.2. The van der Waals surface area contributed by atoms with E-state index in [0.29, 0.717) is 6.54 Å². The zero-order valence-electron chi connectivity index (χ0n) is 15.8. The fourth-order valence-corrected chi connectivity index (χ4v) is 3.56. The summed E-state index contributed by atoms with van der Waals surface area (Å²) in [4.78, 5) is 20.0. The lowest BCUT2D eigenvalue weighted by Crippen LogP contribution is -2.48. The highest BCUT2D eigenvalue weighted by molar-refractivity contribution is 5.99. The molecule has 6 nitrogen and oxygen atoms in total. The fraction of sp³-hybridized carbons (Fsp3) is 0.273. The highest BCUT2D eigenvalue weighted by Crippen LogP contribution is 2.15. The predicted molar refractivity (Wildman–Crippen MR) is 112 cm³/mol. The van der Waals surface area contributed by atoms with Crippen molar-refractivity contribution in [1.82, 2.24) is 20.2 Å². The summed E-state index contributed by atoms with van der Waals surface area (Å²) in [5, 5.41) is 5.21. The maximum Gasteiger partial charge on any atom is 0.254 e. The molecular formula is C22H25N5O. The summed E-state index contributed by atoms with van der Waals surface area (Å²) in [5.74, 6) is -0.0763. The number of hydrogen-bond acceptors (Lipinski definition) is 4. The number of fused-ring (bicyclic) bond motifs is 1. The standard InChI is InChI=1S/C22H25N5O/c28-22(25-24-15-19-14-23-21-9-5-4-8-20(19)21)17-27-12-10-26(11-13-27)16-18-6-2-1-3-7-18/h1-9,14-15,23H,10-13,16-17H2,(H,25,28)/b24-15+. The summed E-state index contributed by atoms with van der Waals surface area (Å²) < 4.78 is 0. The summed E-state index contributed by atoms with van der Waals surface area (Å²) in [6.07, 6.45) is 3.58. The van der Waals surface area contributed by atoms with Crippen LogP contribution in [0, 0.1) is 0 Å². The van der Waals surface area contributed by atoms with Crippen LogP contribution < -0.4 is 5.43 Å². The van der Waals surface area contributed by atoms with Crippen LogP contribution in [-0.4, -0.2) is 59.6 Å². The predicted octanol–water partition coefficient (Wildman–Crippen LogP) is 2.44. The molecule has 1 saturated heterocycles. The van der Waals surface area contributed by atoms with Crippen molar-refractivity contribution in [3.05, 3.63) is 71.9 Å². The van der Waals surface area contributed by atoms with Gasteiger partial charge in [0, 0.05) is 55.4 Å². The smallest absolute Gasteiger partial charge is 0.254 e. The SMILES string of the molecule is O=C(CN1CCN(Cc2ccccc2)CC1)N/N=C/c1c[nH]c2ccccc12. The molecular weight excluding hydrogens is 350 g/mol. The van der Waals surface area contributed by atoms with Gasteiger partial charge >= 0.3 is 0 Å². The van der Waals surface area contributed by atoms with Crippen molar-refractivity contribution in [2.24, 2.45) is 5.10 Å². The number of nitrogens with one attached hydrogen (secondary N) is 2. The third kappa shape index (κ3) is 4.65. The maximum atomic E-state index is 12.2. The Balaban J connectivity index is 1.21. The first-order valence-corrected chi connectivity index (χ1v) is 9.64. The quantitative estimate of drug-likeness (QED) is 0.514. The number of aromatic amines is 1. The molecule has 28 heavy (non-hydrogen) atoms. The van der Waals surface area contributed by atoms with Gasteiger partial charge in [0.1, 0.15) is 0 Å². The molecule has 1 aromatic heterocycles. The third-order valence-corrected chi connectivity index (χ3v) is 5.10. The van der Waals surface area contributed by atoms with Gasteiger partial charge in [0.15, 0.2) is 0 Å². The van der Waals surface area contributed by atoms with E-state index in [1.807, 2.05) is 36.5 Å². The van der Waals surface area contributed by atoms with E-state index in [1.54, 1.807) is 6.21 Å². The molecule has 2 heterocycles. The molecule has 0 spiro atoms. The molecule has 1 amide bonds. The topological polar surface area (TPSA) is 63.7 Å². The van der Waals surface area contributed by atoms with E-state index in [1.165, 1.54) is 5.56 Å². The maximum absolute atomic E-state index is 12.2. The zero-order valence-corrected chi connectivity index (χ0v) is 15.8. The Hall–Kier alpha value is -2.96. The Labute approximate surface area is 164 Å². The van der Waals surface area contributed by atoms with Crippen molar-refractivity contribution in [2.75, 3.05) is 32.7 Å². The molecule has 0 atom stereocenters. The van der Waals surface area contributed by atoms with Crippen molar-refractivity contribution in [2.45, 2.75) is 6.54 Å². The minimum absolute atomic E-state index is 0.0763. The monoisotopic (exact) mass is 375 g/mol. The van der Waals surface area contributed by atoms with Gasteiger partial charge in [-0.3, -0.25) is 14.6 Å². The molecule has 0 unspecified atom stereocenters. The molecule has 4 rings (SSSR count). The number of H-pyrrole nitrogens is 1. The third-order valence-electron chi connectivity index (χ3n) is 5.10. The molecule has 1 aliphatic rings. The molecule has 0 bridgehead atoms. The molecule has 3 aromatic rings. The molecule has 0 radical (unpaired) electrons. The van der Waals surface area contributed by atoms with E-state index in [9.17, 15) is 4.79 Å². The van der Waals surface area contributed by atoms with Gasteiger partial charge in [0.25, 0.3) is 5.91 Å². The Bertz CT molecular complexity index is 942. The number of aromatic nitrogens is 1. The largest absolute Gasteiger partial charge is 0.361 e. The first kappa shape index (κ1) is 18.4. The first-order chi connectivity index (χ1) is 13.8. The van der Waals surface area contributed by atoms with Crippen LogP contribution in [-0.2, 0) is 11.3 Å². The highest BCUT2D eigenvalue weighted by atomic mass is 16.2. The minimum atomic E-state index is -0.0763. The summed E-state index contributed by atoms with van der Waals surface area (Å²) in [6.45, 7) is 5.08. The van der Waals surface area contributed by atoms with Crippen molar-refractivity contribution in [1.29, 1.82) is 0 Å². The van der Waals surface area contributed by atoms with Crippen molar-refractivity contribution in [3.8, 4) is 0 Å². The lowest BCUT2D eigenvalue weighted by molar-refractivity contribution is -0.122. The van der Waals surface area contributed by atoms with Gasteiger partial charge in [-0.15, -0.1) is 0 Å². The van der Waals surface area contributed by atoms with Crippen LogP contribution in [0.25, 0.3) is 10.9 Å². The number of hydrazone groups is 1. The van der Waals surface area contributed by atoms with Gasteiger partial charge in [-0.05, 0) is 11.6 Å². The Morgan fingerprint density at radius 2 is 1.71 bits per heavy atom. The van der Waals surface area contributed by atoms with Crippen molar-refractivity contribution >= 4 is 23.0 Å². The van der Waals surface area contributed by atoms with Gasteiger partial charge in [0.05, 0.1) is 12.8 Å². The van der Waals surface area contributed by atoms with E-state index in [2.05, 4.69) is 49.6 Å². The molecule has 0 saturated carbocycles. The van der Waals surface area contributed by atoms with E-state index >= 15 is 0 Å². The van der Waals surface area contributed by atoms with Crippen LogP contribution in [0.3, 0.4) is 0 Å². The molecule has 0 aliphatic carbocycles. The number of hydrogen-bond donors (Lipinski definition) is 2. The van der Waals surface area contributed by atoms with Gasteiger partial charge < -0.3 is 4.98 Å². The van der Waals surface area contributed by atoms with Crippen LogP contribution in [0.15, 0.2) is 65.9 Å². The number of para-hydroxylation sites is 1. The van der Waals surface area contributed by atoms with Gasteiger partial charge in [-0.25, -0.2) is 5.43 Å². The van der Waals surface area contributed by atoms with Gasteiger partial charge in [-0.1, -0.05) is 48.5 Å². The van der Waals surface area contributed by atoms with E-state index in [0.717, 1.165) is 49.2 Å². The fourth-order valence-electron chi connectivity index (χ4n) is 3.56. The summed E-state index contributed by atoms with van der Waals surface area (Å²) >= 11 is 0. The summed E-state index contributed by atoms with van der Waals surface area (Å²) in [5.41, 5.74) is 6.00. The lowest BCUT2D eigenvalue weighted by Gasteiger charge is -2.34. The van der Waals surface area contributed by atoms with E-state index in [-0.39, 0.29) is 5.91 Å². The number of amides is 1. The Kier molecular flexibility index (Phi) is 5.80. The van der Waals surface area contributed by atoms with Crippen molar-refractivity contribution < 1.29 is 4.79 Å². The van der Waals surface area contributed by atoms with Crippen LogP contribution >= 0.6 is 0 Å². The van der Waals surface area contributed by atoms with E-state index in [4.69, 9.17) is 0 Å². The highest BCUT2D eigenvalue weighted by Gasteiger charge is 2.18. The average Bonchev–Trinajstić information content (AvgIpc) is 3.14. The second-order valence-electron chi connectivity index (χ2n) is 7.12. The number of piperazine rings is 1. The number of nitrogens with zero attached hydrogens (tertiary/aromatic N) is 3. The normalized spacial score (nSPS) is 16.0. The molecule has 6 heteroatoms. The Morgan fingerprint density at radius 3 is 2.54 bits per heavy atom. The van der Waals surface area contributed by atoms with E-state index < -0.39 is 0 Å². The van der Waals surface area contributed by atoms with Crippen LogP contribution in [0.2, 0.25) is 0 Å². The number of benzene rings is 2. The van der Waals surface area contributed by atoms with Gasteiger partial charge in [0.2, 0.25) is 0 Å². The van der Waals surface area contributed by atoms with Crippen molar-refractivity contribution in [3.63, 3.8) is 0 Å². The Morgan fingerprint density at radius 1 is 1.00 bits per heavy atom. The molecule has 1 fully saturated rings. The van der Waals surface area contributed by atoms with Crippen LogP contribution in [0.4, 0.5) is 0 Å². The number of carbonyl (C=O) groups is 1. The number of rotatable bonds is 6. The summed E-state index contributed by atoms with van der Waals surface area (Å²) in [7, 11) is 0. The van der Waals surface area contributed by atoms with Crippen LogP contribution in [0.1, 0.15) is 11.1 Å². The first-order valence-electron chi connectivity index (χ1n) is 9.64. The number of carbonyl (C=O) groups excluding carboxylic acids is 1. The second kappa shape index (κ2) is 8.82. The van der Waals surface area contributed by atoms with Crippen LogP contribution in [0.5, 0.6) is 0 Å². The zero-order chi connectivity index (χ0) is 19.2. The molecule has 144 valence electrons. The average molecular weight is 375 g/mol. The second-order valence-corrected chi connectivity index (χ2v) is 7.12. The molecule has 1 aliphatic heterocycles. The van der Waals surface area contributed by atoms with Gasteiger partial charge in [-0.2, -0.15) is 5.10 Å². The molecule has 2 N–H and O–H groups in total. The summed E-state index contributed by atoms with van der Waals surface area (Å²) in [6, 6.07) is 18.5.